The third-order valence-corrected chi connectivity index (χ3v) is 4.76. The summed E-state index contributed by atoms with van der Waals surface area (Å²) in [4.78, 5) is 0. The lowest BCUT2D eigenvalue weighted by molar-refractivity contribution is 1.03. The zero-order valence-electron chi connectivity index (χ0n) is 8.33. The molecule has 0 saturated heterocycles. The first kappa shape index (κ1) is 9.25. The van der Waals surface area contributed by atoms with Gasteiger partial charge < -0.3 is 0 Å². The summed E-state index contributed by atoms with van der Waals surface area (Å²) < 4.78 is 0. The topological polar surface area (TPSA) is 0 Å². The Balaban J connectivity index is 2.28. The molecule has 0 spiro atoms. The van der Waals surface area contributed by atoms with Crippen LogP contribution < -0.4 is 0 Å². The summed E-state index contributed by atoms with van der Waals surface area (Å²) in [6.45, 7) is 0. The zero-order valence-corrected chi connectivity index (χ0v) is 10.3. The molecule has 70 valence electrons. The van der Waals surface area contributed by atoms with Crippen molar-refractivity contribution in [3.8, 4) is 0 Å². The van der Waals surface area contributed by atoms with Crippen LogP contribution in [0.25, 0.3) is 6.08 Å². The Bertz CT molecular complexity index is 495. The van der Waals surface area contributed by atoms with Crippen LogP contribution in [-0.2, 0) is 6.42 Å². The fourth-order valence-corrected chi connectivity index (χ4v) is 3.70. The lowest BCUT2D eigenvalue weighted by Crippen LogP contribution is -2.20. The van der Waals surface area contributed by atoms with E-state index in [1.54, 1.807) is 0 Å². The highest BCUT2D eigenvalue weighted by Crippen LogP contribution is 2.34. The molecule has 1 unspecified atom stereocenters. The number of allylic oxidation sites excluding steroid dienone is 3. The predicted molar refractivity (Wildman–Crippen MR) is 67.6 cm³/mol. The van der Waals surface area contributed by atoms with Crippen molar-refractivity contribution < 1.29 is 0 Å². The van der Waals surface area contributed by atoms with E-state index in [2.05, 4.69) is 52.3 Å². The maximum Gasteiger partial charge on any atom is 0.0372 e. The van der Waals surface area contributed by atoms with Gasteiger partial charge in [-0.2, -0.15) is 0 Å². The normalized spacial score (nSPS) is 24.3. The van der Waals surface area contributed by atoms with Gasteiger partial charge in [0, 0.05) is 24.3 Å². The Labute approximate surface area is 95.4 Å². The molecule has 0 aliphatic heterocycles. The summed E-state index contributed by atoms with van der Waals surface area (Å²) in [5.74, 6) is 0.519. The molecular formula is C13H10Si2. The Morgan fingerprint density at radius 2 is 2.20 bits per heavy atom. The minimum absolute atomic E-state index is 0.519. The van der Waals surface area contributed by atoms with E-state index in [0.29, 0.717) is 5.92 Å². The number of hydrogen-bond donors (Lipinski definition) is 0. The maximum atomic E-state index is 3.65. The average Bonchev–Trinajstić information content (AvgIpc) is 2.30. The first-order valence-electron chi connectivity index (χ1n) is 5.16. The quantitative estimate of drug-likeness (QED) is 0.464. The van der Waals surface area contributed by atoms with Crippen LogP contribution in [0.4, 0.5) is 0 Å². The van der Waals surface area contributed by atoms with Gasteiger partial charge in [0.05, 0.1) is 0 Å². The molecule has 0 amide bonds. The van der Waals surface area contributed by atoms with E-state index in [9.17, 15) is 0 Å². The highest BCUT2D eigenvalue weighted by Gasteiger charge is 2.22. The summed E-state index contributed by atoms with van der Waals surface area (Å²) >= 11 is 0. The minimum atomic E-state index is 0.519. The molecule has 0 bridgehead atoms. The number of hydrogen-bond acceptors (Lipinski definition) is 0. The third-order valence-electron chi connectivity index (χ3n) is 3.13. The lowest BCUT2D eigenvalue weighted by Gasteiger charge is -2.27. The second kappa shape index (κ2) is 3.54. The van der Waals surface area contributed by atoms with Gasteiger partial charge in [-0.25, -0.2) is 0 Å². The van der Waals surface area contributed by atoms with Crippen LogP contribution in [0, 0.1) is 0 Å². The van der Waals surface area contributed by atoms with Crippen molar-refractivity contribution in [2.75, 3.05) is 0 Å². The van der Waals surface area contributed by atoms with Crippen LogP contribution in [0.1, 0.15) is 22.6 Å². The highest BCUT2D eigenvalue weighted by molar-refractivity contribution is 6.96. The largest absolute Gasteiger partial charge is 0.0832 e. The minimum Gasteiger partial charge on any atom is -0.0832 e. The van der Waals surface area contributed by atoms with Gasteiger partial charge in [0.15, 0.2) is 0 Å². The second-order valence-electron chi connectivity index (χ2n) is 3.94. The van der Waals surface area contributed by atoms with Crippen molar-refractivity contribution in [3.63, 3.8) is 0 Å². The smallest absolute Gasteiger partial charge is 0.0372 e. The van der Waals surface area contributed by atoms with Crippen LogP contribution in [0.2, 0.25) is 0 Å². The monoisotopic (exact) mass is 222 g/mol. The Morgan fingerprint density at radius 1 is 1.27 bits per heavy atom. The molecule has 0 saturated carbocycles. The SMILES string of the molecule is [Si][Si]=C1C=Cc2cccc3c2C1C=CC3. The zero-order chi connectivity index (χ0) is 10.3. The Morgan fingerprint density at radius 3 is 3.07 bits per heavy atom. The molecule has 1 atom stereocenters. The van der Waals surface area contributed by atoms with Crippen LogP contribution in [0.5, 0.6) is 0 Å². The summed E-state index contributed by atoms with van der Waals surface area (Å²) in [7, 11) is 4.37. The lowest BCUT2D eigenvalue weighted by atomic mass is 9.80. The standard InChI is InChI=1S/C13H10Si2/c14-15-12-8-7-10-4-1-3-9-5-2-6-11(12)13(9)10/h1-4,6-8,11H,5H2. The van der Waals surface area contributed by atoms with Gasteiger partial charge >= 0.3 is 0 Å². The van der Waals surface area contributed by atoms with E-state index in [1.165, 1.54) is 21.9 Å². The summed E-state index contributed by atoms with van der Waals surface area (Å²) in [5.41, 5.74) is 4.42. The van der Waals surface area contributed by atoms with Crippen molar-refractivity contribution in [1.82, 2.24) is 0 Å². The molecule has 0 aromatic heterocycles. The summed E-state index contributed by atoms with van der Waals surface area (Å²) in [6.07, 6.45) is 10.2. The maximum absolute atomic E-state index is 3.65. The highest BCUT2D eigenvalue weighted by atomic mass is 29.1. The molecule has 0 N–H and O–H groups in total. The van der Waals surface area contributed by atoms with E-state index in [-0.39, 0.29) is 0 Å². The van der Waals surface area contributed by atoms with E-state index in [0.717, 1.165) is 15.1 Å². The third kappa shape index (κ3) is 1.36. The molecule has 2 aliphatic carbocycles. The van der Waals surface area contributed by atoms with Crippen molar-refractivity contribution in [1.29, 1.82) is 0 Å². The van der Waals surface area contributed by atoms with Gasteiger partial charge in [-0.05, 0) is 23.1 Å². The predicted octanol–water partition coefficient (Wildman–Crippen LogP) is 1.87. The molecule has 0 heterocycles. The molecule has 4 radical (unpaired) electrons. The Kier molecular flexibility index (Phi) is 2.18. The fraction of sp³-hybridized carbons (Fsp3) is 0.154. The van der Waals surface area contributed by atoms with Gasteiger partial charge in [-0.1, -0.05) is 47.7 Å². The van der Waals surface area contributed by atoms with Crippen LogP contribution >= 0.6 is 0 Å². The first-order chi connectivity index (χ1) is 7.40. The van der Waals surface area contributed by atoms with E-state index in [4.69, 9.17) is 0 Å². The summed E-state index contributed by atoms with van der Waals surface area (Å²) in [6, 6.07) is 6.63. The number of benzene rings is 1. The van der Waals surface area contributed by atoms with Gasteiger partial charge in [-0.15, -0.1) is 0 Å². The van der Waals surface area contributed by atoms with E-state index < -0.39 is 0 Å². The van der Waals surface area contributed by atoms with Crippen molar-refractivity contribution in [2.24, 2.45) is 0 Å². The van der Waals surface area contributed by atoms with E-state index in [1.807, 2.05) is 0 Å². The molecule has 0 fully saturated rings. The molecule has 1 aromatic carbocycles. The molecule has 15 heavy (non-hydrogen) atoms. The summed E-state index contributed by atoms with van der Waals surface area (Å²) in [5, 5.41) is 1.49. The first-order valence-corrected chi connectivity index (χ1v) is 7.66. The van der Waals surface area contributed by atoms with Crippen LogP contribution in [0.3, 0.4) is 0 Å². The van der Waals surface area contributed by atoms with E-state index >= 15 is 0 Å². The molecule has 3 rings (SSSR count). The molecule has 2 heteroatoms. The number of rotatable bonds is 0. The van der Waals surface area contributed by atoms with Crippen molar-refractivity contribution >= 4 is 29.7 Å². The van der Waals surface area contributed by atoms with Gasteiger partial charge in [0.25, 0.3) is 0 Å². The van der Waals surface area contributed by atoms with Gasteiger partial charge in [-0.3, -0.25) is 0 Å². The van der Waals surface area contributed by atoms with Crippen LogP contribution in [0.15, 0.2) is 36.4 Å². The Hall–Kier alpha value is -0.996. The van der Waals surface area contributed by atoms with Crippen LogP contribution in [-0.4, -0.2) is 23.6 Å². The van der Waals surface area contributed by atoms with Gasteiger partial charge in [0.1, 0.15) is 0 Å². The average molecular weight is 222 g/mol. The van der Waals surface area contributed by atoms with Crippen molar-refractivity contribution in [3.05, 3.63) is 53.1 Å². The molecule has 2 aliphatic rings. The molecule has 0 nitrogen and oxygen atoms in total. The molecular weight excluding hydrogens is 212 g/mol. The molecule has 1 aromatic rings. The van der Waals surface area contributed by atoms with Crippen molar-refractivity contribution in [2.45, 2.75) is 12.3 Å². The fourth-order valence-electron chi connectivity index (χ4n) is 2.42. The van der Waals surface area contributed by atoms with Gasteiger partial charge in [0.2, 0.25) is 0 Å². The second-order valence-corrected chi connectivity index (χ2v) is 5.52.